The third-order valence-corrected chi connectivity index (χ3v) is 4.38. The highest BCUT2D eigenvalue weighted by Crippen LogP contribution is 2.25. The molecule has 1 aliphatic heterocycles. The molecule has 0 spiro atoms. The van der Waals surface area contributed by atoms with Crippen molar-refractivity contribution in [1.82, 2.24) is 5.32 Å². The summed E-state index contributed by atoms with van der Waals surface area (Å²) < 4.78 is 5.52. The van der Waals surface area contributed by atoms with Crippen LogP contribution in [0.25, 0.3) is 0 Å². The lowest BCUT2D eigenvalue weighted by molar-refractivity contribution is 0.357. The van der Waals surface area contributed by atoms with Crippen molar-refractivity contribution in [3.05, 3.63) is 29.3 Å². The first kappa shape index (κ1) is 13.8. The number of fused-ring (bicyclic) bond motifs is 1. The van der Waals surface area contributed by atoms with Crippen LogP contribution in [0.2, 0.25) is 0 Å². The van der Waals surface area contributed by atoms with Crippen LogP contribution in [-0.2, 0) is 12.8 Å². The van der Waals surface area contributed by atoms with Crippen molar-refractivity contribution >= 4 is 11.8 Å². The highest BCUT2D eigenvalue weighted by Gasteiger charge is 2.11. The Morgan fingerprint density at radius 2 is 2.33 bits per heavy atom. The van der Waals surface area contributed by atoms with Crippen LogP contribution in [0.1, 0.15) is 25.0 Å². The van der Waals surface area contributed by atoms with Gasteiger partial charge in [-0.25, -0.2) is 0 Å². The van der Waals surface area contributed by atoms with E-state index in [1.54, 1.807) is 0 Å². The topological polar surface area (TPSA) is 21.3 Å². The summed E-state index contributed by atoms with van der Waals surface area (Å²) in [5.41, 5.74) is 2.80. The lowest BCUT2D eigenvalue weighted by Crippen LogP contribution is -2.30. The summed E-state index contributed by atoms with van der Waals surface area (Å²) in [6.07, 6.45) is 2.18. The van der Waals surface area contributed by atoms with E-state index in [1.807, 2.05) is 11.8 Å². The minimum Gasteiger partial charge on any atom is -0.493 e. The van der Waals surface area contributed by atoms with Gasteiger partial charge in [0.05, 0.1) is 6.61 Å². The standard InChI is InChI=1S/C15H23NOS/c1-3-18-11-12(2)16-8-6-13-4-5-15-14(10-13)7-9-17-15/h4-5,10,12,16H,3,6-9,11H2,1-2H3. The second kappa shape index (κ2) is 7.05. The SMILES string of the molecule is CCSCC(C)NCCc1ccc2c(c1)CCO2. The normalized spacial score (nSPS) is 15.2. The monoisotopic (exact) mass is 265 g/mol. The van der Waals surface area contributed by atoms with Crippen molar-refractivity contribution in [2.24, 2.45) is 0 Å². The van der Waals surface area contributed by atoms with Crippen molar-refractivity contribution in [1.29, 1.82) is 0 Å². The Hall–Kier alpha value is -0.670. The van der Waals surface area contributed by atoms with E-state index in [4.69, 9.17) is 4.74 Å². The van der Waals surface area contributed by atoms with Gasteiger partial charge in [0.2, 0.25) is 0 Å². The fraction of sp³-hybridized carbons (Fsp3) is 0.600. The number of benzene rings is 1. The molecule has 1 aliphatic rings. The van der Waals surface area contributed by atoms with Gasteiger partial charge in [-0.1, -0.05) is 19.1 Å². The van der Waals surface area contributed by atoms with Crippen LogP contribution >= 0.6 is 11.8 Å². The quantitative estimate of drug-likeness (QED) is 0.819. The highest BCUT2D eigenvalue weighted by atomic mass is 32.2. The molecule has 18 heavy (non-hydrogen) atoms. The first-order valence-electron chi connectivity index (χ1n) is 6.85. The van der Waals surface area contributed by atoms with Crippen molar-refractivity contribution in [2.45, 2.75) is 32.7 Å². The number of hydrogen-bond acceptors (Lipinski definition) is 3. The molecule has 100 valence electrons. The van der Waals surface area contributed by atoms with Gasteiger partial charge >= 0.3 is 0 Å². The van der Waals surface area contributed by atoms with Crippen LogP contribution in [0.5, 0.6) is 5.75 Å². The average Bonchev–Trinajstić information content (AvgIpc) is 2.83. The molecule has 1 N–H and O–H groups in total. The Kier molecular flexibility index (Phi) is 5.39. The van der Waals surface area contributed by atoms with Crippen molar-refractivity contribution in [2.75, 3.05) is 24.7 Å². The van der Waals surface area contributed by atoms with Crippen LogP contribution in [0.4, 0.5) is 0 Å². The second-order valence-electron chi connectivity index (χ2n) is 4.81. The molecule has 2 nitrogen and oxygen atoms in total. The van der Waals surface area contributed by atoms with E-state index >= 15 is 0 Å². The minimum absolute atomic E-state index is 0.604. The Morgan fingerprint density at radius 3 is 3.17 bits per heavy atom. The van der Waals surface area contributed by atoms with Gasteiger partial charge in [0, 0.05) is 18.2 Å². The van der Waals surface area contributed by atoms with Crippen LogP contribution in [0.3, 0.4) is 0 Å². The molecule has 1 aromatic rings. The molecular formula is C15H23NOS. The van der Waals surface area contributed by atoms with Gasteiger partial charge in [0.15, 0.2) is 0 Å². The van der Waals surface area contributed by atoms with Gasteiger partial charge in [-0.05, 0) is 42.8 Å². The summed E-state index contributed by atoms with van der Waals surface area (Å²) in [4.78, 5) is 0. The molecule has 0 saturated carbocycles. The molecule has 0 bridgehead atoms. The predicted octanol–water partition coefficient (Wildman–Crippen LogP) is 2.90. The minimum atomic E-state index is 0.604. The molecule has 2 rings (SSSR count). The summed E-state index contributed by atoms with van der Waals surface area (Å²) in [6, 6.07) is 7.22. The molecule has 1 aromatic carbocycles. The van der Waals surface area contributed by atoms with Gasteiger partial charge in [-0.2, -0.15) is 11.8 Å². The van der Waals surface area contributed by atoms with Gasteiger partial charge < -0.3 is 10.1 Å². The molecular weight excluding hydrogens is 242 g/mol. The molecule has 0 fully saturated rings. The maximum Gasteiger partial charge on any atom is 0.122 e. The first-order valence-corrected chi connectivity index (χ1v) is 8.00. The van der Waals surface area contributed by atoms with Crippen LogP contribution in [0, 0.1) is 0 Å². The van der Waals surface area contributed by atoms with Gasteiger partial charge in [0.25, 0.3) is 0 Å². The zero-order valence-electron chi connectivity index (χ0n) is 11.4. The van der Waals surface area contributed by atoms with E-state index < -0.39 is 0 Å². The number of nitrogens with one attached hydrogen (secondary N) is 1. The van der Waals surface area contributed by atoms with Gasteiger partial charge in [-0.15, -0.1) is 0 Å². The Bertz CT molecular complexity index is 381. The Balaban J connectivity index is 1.73. The van der Waals surface area contributed by atoms with Gasteiger partial charge in [-0.3, -0.25) is 0 Å². The van der Waals surface area contributed by atoms with Crippen molar-refractivity contribution < 1.29 is 4.74 Å². The van der Waals surface area contributed by atoms with Gasteiger partial charge in [0.1, 0.15) is 5.75 Å². The molecule has 0 radical (unpaired) electrons. The summed E-state index contributed by atoms with van der Waals surface area (Å²) in [5.74, 6) is 3.49. The number of rotatable bonds is 7. The van der Waals surface area contributed by atoms with E-state index in [0.717, 1.165) is 31.7 Å². The fourth-order valence-electron chi connectivity index (χ4n) is 2.21. The van der Waals surface area contributed by atoms with E-state index in [0.29, 0.717) is 6.04 Å². The highest BCUT2D eigenvalue weighted by molar-refractivity contribution is 7.99. The summed E-state index contributed by atoms with van der Waals surface area (Å²) in [6.45, 7) is 6.39. The zero-order valence-corrected chi connectivity index (χ0v) is 12.2. The number of ether oxygens (including phenoxy) is 1. The van der Waals surface area contributed by atoms with E-state index in [9.17, 15) is 0 Å². The summed E-state index contributed by atoms with van der Waals surface area (Å²) >= 11 is 2.00. The van der Waals surface area contributed by atoms with Crippen molar-refractivity contribution in [3.63, 3.8) is 0 Å². The molecule has 0 aliphatic carbocycles. The number of hydrogen-bond donors (Lipinski definition) is 1. The maximum absolute atomic E-state index is 5.52. The second-order valence-corrected chi connectivity index (χ2v) is 6.12. The predicted molar refractivity (Wildman–Crippen MR) is 79.8 cm³/mol. The lowest BCUT2D eigenvalue weighted by Gasteiger charge is -2.13. The molecule has 1 unspecified atom stereocenters. The third kappa shape index (κ3) is 3.92. The van der Waals surface area contributed by atoms with E-state index in [2.05, 4.69) is 37.4 Å². The Morgan fingerprint density at radius 1 is 1.44 bits per heavy atom. The third-order valence-electron chi connectivity index (χ3n) is 3.23. The average molecular weight is 265 g/mol. The first-order chi connectivity index (χ1) is 8.79. The van der Waals surface area contributed by atoms with Crippen LogP contribution in [0.15, 0.2) is 18.2 Å². The molecule has 0 aromatic heterocycles. The van der Waals surface area contributed by atoms with Crippen LogP contribution < -0.4 is 10.1 Å². The lowest BCUT2D eigenvalue weighted by atomic mass is 10.1. The summed E-state index contributed by atoms with van der Waals surface area (Å²) in [5, 5.41) is 3.58. The Labute approximate surface area is 114 Å². The molecule has 1 atom stereocenters. The van der Waals surface area contributed by atoms with Crippen LogP contribution in [-0.4, -0.2) is 30.7 Å². The number of thioether (sulfide) groups is 1. The molecule has 3 heteroatoms. The molecule has 1 heterocycles. The maximum atomic E-state index is 5.52. The summed E-state index contributed by atoms with van der Waals surface area (Å²) in [7, 11) is 0. The smallest absolute Gasteiger partial charge is 0.122 e. The van der Waals surface area contributed by atoms with E-state index in [-0.39, 0.29) is 0 Å². The van der Waals surface area contributed by atoms with E-state index in [1.165, 1.54) is 22.6 Å². The molecule has 0 amide bonds. The largest absolute Gasteiger partial charge is 0.493 e. The fourth-order valence-corrected chi connectivity index (χ4v) is 2.92. The zero-order chi connectivity index (χ0) is 12.8. The van der Waals surface area contributed by atoms with Crippen molar-refractivity contribution in [3.8, 4) is 5.75 Å². The molecule has 0 saturated heterocycles.